The van der Waals surface area contributed by atoms with Crippen LogP contribution in [0.1, 0.15) is 61.0 Å². The van der Waals surface area contributed by atoms with Crippen molar-refractivity contribution in [1.29, 1.82) is 0 Å². The van der Waals surface area contributed by atoms with Gasteiger partial charge in [-0.25, -0.2) is 9.78 Å². The Labute approximate surface area is 161 Å². The molecule has 0 saturated carbocycles. The molecule has 1 aromatic heterocycles. The van der Waals surface area contributed by atoms with Gasteiger partial charge in [-0.05, 0) is 48.6 Å². The van der Waals surface area contributed by atoms with E-state index in [0.29, 0.717) is 29.8 Å². The Morgan fingerprint density at radius 3 is 2.62 bits per heavy atom. The predicted molar refractivity (Wildman–Crippen MR) is 108 cm³/mol. The summed E-state index contributed by atoms with van der Waals surface area (Å²) in [7, 11) is 2.10. The van der Waals surface area contributed by atoms with Crippen molar-refractivity contribution in [3.63, 3.8) is 0 Å². The van der Waals surface area contributed by atoms with Crippen molar-refractivity contribution in [3.05, 3.63) is 15.6 Å². The van der Waals surface area contributed by atoms with Crippen LogP contribution in [0.4, 0.5) is 0 Å². The molecule has 26 heavy (non-hydrogen) atoms. The van der Waals surface area contributed by atoms with Gasteiger partial charge in [0, 0.05) is 19.1 Å². The Bertz CT molecular complexity index is 600. The fourth-order valence-electron chi connectivity index (χ4n) is 2.15. The summed E-state index contributed by atoms with van der Waals surface area (Å²) in [5.74, 6) is 0.445. The number of likely N-dealkylation sites (N-methyl/N-ethyl adjacent to an activating group) is 1. The zero-order valence-corrected chi connectivity index (χ0v) is 17.9. The maximum absolute atomic E-state index is 12.0. The average Bonchev–Trinajstić information content (AvgIpc) is 2.97. The summed E-state index contributed by atoms with van der Waals surface area (Å²) in [5.41, 5.74) is 0.706. The van der Waals surface area contributed by atoms with E-state index in [9.17, 15) is 4.79 Å². The molecule has 2 N–H and O–H groups in total. The molecule has 0 aromatic carbocycles. The van der Waals surface area contributed by atoms with Crippen LogP contribution >= 0.6 is 11.3 Å². The second-order valence-electron chi connectivity index (χ2n) is 6.39. The molecule has 0 radical (unpaired) electrons. The molecule has 0 fully saturated rings. The molecule has 8 heteroatoms. The van der Waals surface area contributed by atoms with E-state index in [4.69, 9.17) is 4.74 Å². The lowest BCUT2D eigenvalue weighted by atomic mass is 10.3. The van der Waals surface area contributed by atoms with Crippen molar-refractivity contribution in [2.24, 2.45) is 4.99 Å². The number of hydrogen-bond acceptors (Lipinski definition) is 6. The molecule has 7 nitrogen and oxygen atoms in total. The minimum Gasteiger partial charge on any atom is -0.462 e. The molecule has 148 valence electrons. The number of ether oxygens (including phenoxy) is 1. The van der Waals surface area contributed by atoms with E-state index in [1.165, 1.54) is 11.3 Å². The number of carbonyl (C=O) groups is 1. The second kappa shape index (κ2) is 11.1. The Balaban J connectivity index is 2.76. The molecule has 0 aliphatic heterocycles. The second-order valence-corrected chi connectivity index (χ2v) is 7.42. The topological polar surface area (TPSA) is 78.9 Å². The zero-order chi connectivity index (χ0) is 19.7. The van der Waals surface area contributed by atoms with Crippen LogP contribution in [-0.4, -0.2) is 61.1 Å². The molecule has 0 amide bonds. The number of nitrogens with zero attached hydrogens (tertiary/aromatic N) is 3. The number of aromatic nitrogens is 1. The van der Waals surface area contributed by atoms with E-state index >= 15 is 0 Å². The fraction of sp³-hybridized carbons (Fsp3) is 0.722. The Kier molecular flexibility index (Phi) is 9.58. The van der Waals surface area contributed by atoms with Gasteiger partial charge in [-0.1, -0.05) is 0 Å². The SMILES string of the molecule is CCNC(=NCCN(C)C(C)C)NC(C)c1nc(C)c(C(=O)OCC)s1. The highest BCUT2D eigenvalue weighted by molar-refractivity contribution is 7.13. The van der Waals surface area contributed by atoms with Gasteiger partial charge in [-0.3, -0.25) is 4.99 Å². The van der Waals surface area contributed by atoms with Gasteiger partial charge in [0.25, 0.3) is 0 Å². The zero-order valence-electron chi connectivity index (χ0n) is 17.0. The predicted octanol–water partition coefficient (Wildman–Crippen LogP) is 2.58. The molecule has 1 rings (SSSR count). The molecule has 1 unspecified atom stereocenters. The van der Waals surface area contributed by atoms with Crippen LogP contribution in [0.25, 0.3) is 0 Å². The first-order valence-corrected chi connectivity index (χ1v) is 10.0. The van der Waals surface area contributed by atoms with Gasteiger partial charge >= 0.3 is 5.97 Å². The molecule has 1 atom stereocenters. The summed E-state index contributed by atoms with van der Waals surface area (Å²) in [6, 6.07) is 0.446. The number of aliphatic imine (C=N–C) groups is 1. The van der Waals surface area contributed by atoms with Crippen LogP contribution < -0.4 is 10.6 Å². The summed E-state index contributed by atoms with van der Waals surface area (Å²) in [4.78, 5) is 24.0. The minimum atomic E-state index is -0.307. The van der Waals surface area contributed by atoms with Crippen molar-refractivity contribution < 1.29 is 9.53 Å². The third kappa shape index (κ3) is 6.92. The van der Waals surface area contributed by atoms with Crippen molar-refractivity contribution in [2.75, 3.05) is 33.3 Å². The number of thiazole rings is 1. The first-order valence-electron chi connectivity index (χ1n) is 9.19. The molecule has 0 aliphatic rings. The van der Waals surface area contributed by atoms with Gasteiger partial charge in [-0.2, -0.15) is 0 Å². The van der Waals surface area contributed by atoms with Gasteiger partial charge in [0.05, 0.1) is 24.9 Å². The maximum atomic E-state index is 12.0. The van der Waals surface area contributed by atoms with E-state index in [0.717, 1.165) is 24.1 Å². The molecule has 0 saturated heterocycles. The van der Waals surface area contributed by atoms with Crippen molar-refractivity contribution in [2.45, 2.75) is 53.6 Å². The Hall–Kier alpha value is -1.67. The lowest BCUT2D eigenvalue weighted by molar-refractivity contribution is 0.0531. The molecule has 1 aromatic rings. The molecular weight excluding hydrogens is 350 g/mol. The number of esters is 1. The minimum absolute atomic E-state index is 0.0532. The van der Waals surface area contributed by atoms with Crippen LogP contribution in [0, 0.1) is 6.92 Å². The lowest BCUT2D eigenvalue weighted by Gasteiger charge is -2.20. The van der Waals surface area contributed by atoms with Crippen molar-refractivity contribution in [1.82, 2.24) is 20.5 Å². The van der Waals surface area contributed by atoms with Gasteiger partial charge in [0.15, 0.2) is 5.96 Å². The molecule has 0 aliphatic carbocycles. The first kappa shape index (κ1) is 22.4. The first-order chi connectivity index (χ1) is 12.3. The van der Waals surface area contributed by atoms with Gasteiger partial charge < -0.3 is 20.3 Å². The number of nitrogens with one attached hydrogen (secondary N) is 2. The van der Waals surface area contributed by atoms with E-state index in [1.807, 2.05) is 20.8 Å². The third-order valence-electron chi connectivity index (χ3n) is 3.95. The van der Waals surface area contributed by atoms with E-state index in [2.05, 4.69) is 46.4 Å². The van der Waals surface area contributed by atoms with Crippen LogP contribution in [0.15, 0.2) is 4.99 Å². The molecule has 0 spiro atoms. The number of aryl methyl sites for hydroxylation is 1. The number of guanidine groups is 1. The highest BCUT2D eigenvalue weighted by atomic mass is 32.1. The van der Waals surface area contributed by atoms with Gasteiger partial charge in [0.2, 0.25) is 0 Å². The molecular formula is C18H33N5O2S. The normalized spacial score (nSPS) is 13.2. The monoisotopic (exact) mass is 383 g/mol. The summed E-state index contributed by atoms with van der Waals surface area (Å²) < 4.78 is 5.09. The summed E-state index contributed by atoms with van der Waals surface area (Å²) in [6.07, 6.45) is 0. The van der Waals surface area contributed by atoms with Crippen LogP contribution in [-0.2, 0) is 4.74 Å². The lowest BCUT2D eigenvalue weighted by Crippen LogP contribution is -2.39. The van der Waals surface area contributed by atoms with Gasteiger partial charge in [-0.15, -0.1) is 11.3 Å². The third-order valence-corrected chi connectivity index (χ3v) is 5.27. The fourth-order valence-corrected chi connectivity index (χ4v) is 3.12. The van der Waals surface area contributed by atoms with Crippen molar-refractivity contribution in [3.8, 4) is 0 Å². The number of carbonyl (C=O) groups excluding carboxylic acids is 1. The van der Waals surface area contributed by atoms with Crippen molar-refractivity contribution >= 4 is 23.3 Å². The largest absolute Gasteiger partial charge is 0.462 e. The Morgan fingerprint density at radius 1 is 1.35 bits per heavy atom. The molecule has 0 bridgehead atoms. The summed E-state index contributed by atoms with van der Waals surface area (Å²) in [5, 5.41) is 7.46. The average molecular weight is 384 g/mol. The van der Waals surface area contributed by atoms with E-state index in [1.54, 1.807) is 6.92 Å². The van der Waals surface area contributed by atoms with Gasteiger partial charge in [0.1, 0.15) is 9.88 Å². The molecule has 1 heterocycles. The van der Waals surface area contributed by atoms with Crippen LogP contribution in [0.5, 0.6) is 0 Å². The highest BCUT2D eigenvalue weighted by Gasteiger charge is 2.20. The van der Waals surface area contributed by atoms with Crippen LogP contribution in [0.2, 0.25) is 0 Å². The van der Waals surface area contributed by atoms with E-state index < -0.39 is 0 Å². The highest BCUT2D eigenvalue weighted by Crippen LogP contribution is 2.24. The standard InChI is InChI=1S/C18H33N5O2S/c1-8-19-18(20-10-11-23(7)12(3)4)22-14(6)16-21-13(5)15(26-16)17(24)25-9-2/h12,14H,8-11H2,1-7H3,(H2,19,20,22). The summed E-state index contributed by atoms with van der Waals surface area (Å²) in [6.45, 7) is 14.8. The smallest absolute Gasteiger partial charge is 0.350 e. The van der Waals surface area contributed by atoms with Crippen LogP contribution in [0.3, 0.4) is 0 Å². The number of hydrogen-bond donors (Lipinski definition) is 2. The number of rotatable bonds is 9. The maximum Gasteiger partial charge on any atom is 0.350 e. The summed E-state index contributed by atoms with van der Waals surface area (Å²) >= 11 is 1.37. The quantitative estimate of drug-likeness (QED) is 0.388. The Morgan fingerprint density at radius 2 is 2.04 bits per heavy atom. The van der Waals surface area contributed by atoms with E-state index in [-0.39, 0.29) is 12.0 Å².